The van der Waals surface area contributed by atoms with Crippen molar-refractivity contribution in [2.24, 2.45) is 10.9 Å². The van der Waals surface area contributed by atoms with Crippen molar-refractivity contribution >= 4 is 29.9 Å². The molecule has 2 aromatic heterocycles. The SMILES string of the molecule is CN=C(NCc1ccc(-n2nc(C)cc2C)nc1)NC1CC1C.I. The molecule has 6 nitrogen and oxygen atoms in total. The highest BCUT2D eigenvalue weighted by Gasteiger charge is 2.33. The molecule has 3 rings (SSSR count). The Bertz CT molecular complexity index is 706. The number of nitrogens with one attached hydrogen (secondary N) is 2. The molecule has 2 unspecified atom stereocenters. The van der Waals surface area contributed by atoms with Crippen LogP contribution in [0.1, 0.15) is 30.3 Å². The third-order valence-electron chi connectivity index (χ3n) is 4.15. The van der Waals surface area contributed by atoms with E-state index in [2.05, 4.69) is 38.7 Å². The number of aromatic nitrogens is 3. The zero-order chi connectivity index (χ0) is 16.4. The van der Waals surface area contributed by atoms with Gasteiger partial charge in [-0.2, -0.15) is 5.10 Å². The first-order valence-electron chi connectivity index (χ1n) is 8.02. The molecule has 0 radical (unpaired) electrons. The molecular formula is C17H25IN6. The van der Waals surface area contributed by atoms with Gasteiger partial charge < -0.3 is 10.6 Å². The molecule has 0 spiro atoms. The van der Waals surface area contributed by atoms with Crippen LogP contribution in [0.2, 0.25) is 0 Å². The largest absolute Gasteiger partial charge is 0.353 e. The lowest BCUT2D eigenvalue weighted by Gasteiger charge is -2.11. The third kappa shape index (κ3) is 4.46. The molecule has 0 saturated heterocycles. The summed E-state index contributed by atoms with van der Waals surface area (Å²) in [7, 11) is 1.80. The number of hydrogen-bond donors (Lipinski definition) is 2. The molecule has 1 fully saturated rings. The summed E-state index contributed by atoms with van der Waals surface area (Å²) in [4.78, 5) is 8.77. The number of rotatable bonds is 4. The summed E-state index contributed by atoms with van der Waals surface area (Å²) < 4.78 is 1.86. The Labute approximate surface area is 160 Å². The van der Waals surface area contributed by atoms with Gasteiger partial charge >= 0.3 is 0 Å². The van der Waals surface area contributed by atoms with Gasteiger partial charge in [0, 0.05) is 31.5 Å². The Hall–Kier alpha value is -1.64. The Morgan fingerprint density at radius 1 is 1.38 bits per heavy atom. The van der Waals surface area contributed by atoms with Crippen molar-refractivity contribution in [3.63, 3.8) is 0 Å². The van der Waals surface area contributed by atoms with Crippen molar-refractivity contribution in [1.29, 1.82) is 0 Å². The van der Waals surface area contributed by atoms with Gasteiger partial charge in [0.05, 0.1) is 5.69 Å². The summed E-state index contributed by atoms with van der Waals surface area (Å²) >= 11 is 0. The summed E-state index contributed by atoms with van der Waals surface area (Å²) in [6.45, 7) is 6.96. The topological polar surface area (TPSA) is 67.1 Å². The van der Waals surface area contributed by atoms with Gasteiger partial charge in [0.2, 0.25) is 0 Å². The molecule has 1 aliphatic rings. The second-order valence-electron chi connectivity index (χ2n) is 6.25. The van der Waals surface area contributed by atoms with Crippen molar-refractivity contribution in [3.05, 3.63) is 41.3 Å². The summed E-state index contributed by atoms with van der Waals surface area (Å²) in [5, 5.41) is 11.2. The monoisotopic (exact) mass is 440 g/mol. The lowest BCUT2D eigenvalue weighted by atomic mass is 10.3. The summed E-state index contributed by atoms with van der Waals surface area (Å²) in [6.07, 6.45) is 3.10. The molecule has 2 atom stereocenters. The van der Waals surface area contributed by atoms with Crippen LogP contribution >= 0.6 is 24.0 Å². The van der Waals surface area contributed by atoms with Gasteiger partial charge in [-0.15, -0.1) is 24.0 Å². The van der Waals surface area contributed by atoms with E-state index in [0.717, 1.165) is 34.6 Å². The number of nitrogens with zero attached hydrogens (tertiary/aromatic N) is 4. The zero-order valence-corrected chi connectivity index (χ0v) is 16.9. The van der Waals surface area contributed by atoms with Gasteiger partial charge in [0.15, 0.2) is 11.8 Å². The Balaban J connectivity index is 0.00000208. The average molecular weight is 440 g/mol. The fourth-order valence-electron chi connectivity index (χ4n) is 2.59. The lowest BCUT2D eigenvalue weighted by molar-refractivity contribution is 0.760. The number of pyridine rings is 1. The molecule has 0 aliphatic heterocycles. The minimum absolute atomic E-state index is 0. The van der Waals surface area contributed by atoms with E-state index in [1.165, 1.54) is 6.42 Å². The minimum atomic E-state index is 0. The number of aliphatic imine (C=N–C) groups is 1. The quantitative estimate of drug-likeness (QED) is 0.436. The number of guanidine groups is 1. The molecule has 2 heterocycles. The first-order chi connectivity index (χ1) is 11.1. The van der Waals surface area contributed by atoms with E-state index in [-0.39, 0.29) is 24.0 Å². The Morgan fingerprint density at radius 3 is 2.62 bits per heavy atom. The number of hydrogen-bond acceptors (Lipinski definition) is 3. The van der Waals surface area contributed by atoms with E-state index in [1.54, 1.807) is 7.05 Å². The highest BCUT2D eigenvalue weighted by molar-refractivity contribution is 14.0. The van der Waals surface area contributed by atoms with Crippen LogP contribution in [0, 0.1) is 19.8 Å². The maximum atomic E-state index is 4.51. The first-order valence-corrected chi connectivity index (χ1v) is 8.02. The maximum absolute atomic E-state index is 4.51. The molecule has 130 valence electrons. The standard InChI is InChI=1S/C17H24N6.HI/c1-11-7-15(11)21-17(18-4)20-10-14-5-6-16(19-9-14)23-13(3)8-12(2)22-23;/h5-6,8-9,11,15H,7,10H2,1-4H3,(H2,18,20,21);1H. The molecule has 0 amide bonds. The van der Waals surface area contributed by atoms with Crippen LogP contribution in [0.15, 0.2) is 29.4 Å². The van der Waals surface area contributed by atoms with Gasteiger partial charge in [0.1, 0.15) is 0 Å². The van der Waals surface area contributed by atoms with Crippen molar-refractivity contribution in [1.82, 2.24) is 25.4 Å². The highest BCUT2D eigenvalue weighted by Crippen LogP contribution is 2.28. The van der Waals surface area contributed by atoms with Crippen LogP contribution in [0.4, 0.5) is 0 Å². The van der Waals surface area contributed by atoms with E-state index >= 15 is 0 Å². The van der Waals surface area contributed by atoms with Crippen LogP contribution in [0.5, 0.6) is 0 Å². The maximum Gasteiger partial charge on any atom is 0.191 e. The van der Waals surface area contributed by atoms with Gasteiger partial charge in [-0.25, -0.2) is 9.67 Å². The summed E-state index contributed by atoms with van der Waals surface area (Å²) in [5.41, 5.74) is 3.20. The van der Waals surface area contributed by atoms with Gasteiger partial charge in [-0.05, 0) is 43.9 Å². The van der Waals surface area contributed by atoms with Crippen LogP contribution < -0.4 is 10.6 Å². The van der Waals surface area contributed by atoms with Crippen molar-refractivity contribution in [2.75, 3.05) is 7.05 Å². The molecule has 1 saturated carbocycles. The van der Waals surface area contributed by atoms with E-state index in [9.17, 15) is 0 Å². The van der Waals surface area contributed by atoms with Gasteiger partial charge in [-0.1, -0.05) is 13.0 Å². The van der Waals surface area contributed by atoms with Crippen LogP contribution in [-0.2, 0) is 6.54 Å². The molecule has 2 aromatic rings. The minimum Gasteiger partial charge on any atom is -0.353 e. The van der Waals surface area contributed by atoms with Crippen LogP contribution in [0.25, 0.3) is 5.82 Å². The van der Waals surface area contributed by atoms with E-state index < -0.39 is 0 Å². The highest BCUT2D eigenvalue weighted by atomic mass is 127. The predicted octanol–water partition coefficient (Wildman–Crippen LogP) is 2.58. The second kappa shape index (κ2) is 7.96. The molecule has 2 N–H and O–H groups in total. The fourth-order valence-corrected chi connectivity index (χ4v) is 2.59. The number of halogens is 1. The molecule has 0 aromatic carbocycles. The smallest absolute Gasteiger partial charge is 0.191 e. The lowest BCUT2D eigenvalue weighted by Crippen LogP contribution is -2.38. The predicted molar refractivity (Wildman–Crippen MR) is 107 cm³/mol. The van der Waals surface area contributed by atoms with E-state index in [0.29, 0.717) is 12.6 Å². The molecule has 1 aliphatic carbocycles. The van der Waals surface area contributed by atoms with E-state index in [1.807, 2.05) is 36.9 Å². The molecule has 0 bridgehead atoms. The Kier molecular flexibility index (Phi) is 6.20. The van der Waals surface area contributed by atoms with Crippen LogP contribution in [-0.4, -0.2) is 33.8 Å². The van der Waals surface area contributed by atoms with Crippen molar-refractivity contribution < 1.29 is 0 Å². The summed E-state index contributed by atoms with van der Waals surface area (Å²) in [6, 6.07) is 6.67. The van der Waals surface area contributed by atoms with Crippen molar-refractivity contribution in [3.8, 4) is 5.82 Å². The zero-order valence-electron chi connectivity index (χ0n) is 14.6. The first kappa shape index (κ1) is 18.7. The second-order valence-corrected chi connectivity index (χ2v) is 6.25. The normalized spacial score (nSPS) is 19.6. The number of aryl methyl sites for hydroxylation is 2. The van der Waals surface area contributed by atoms with E-state index in [4.69, 9.17) is 0 Å². The average Bonchev–Trinajstić information content (AvgIpc) is 3.13. The van der Waals surface area contributed by atoms with Gasteiger partial charge in [-0.3, -0.25) is 4.99 Å². The summed E-state index contributed by atoms with van der Waals surface area (Å²) in [5.74, 6) is 2.44. The molecular weight excluding hydrogens is 415 g/mol. The third-order valence-corrected chi connectivity index (χ3v) is 4.15. The molecule has 7 heteroatoms. The Morgan fingerprint density at radius 2 is 2.12 bits per heavy atom. The fraction of sp³-hybridized carbons (Fsp3) is 0.471. The van der Waals surface area contributed by atoms with Crippen molar-refractivity contribution in [2.45, 2.75) is 39.8 Å². The van der Waals surface area contributed by atoms with Gasteiger partial charge in [0.25, 0.3) is 0 Å². The molecule has 24 heavy (non-hydrogen) atoms. The van der Waals surface area contributed by atoms with Crippen LogP contribution in [0.3, 0.4) is 0 Å².